The molecule has 1 aromatic heterocycles. The van der Waals surface area contributed by atoms with Gasteiger partial charge in [0.15, 0.2) is 11.5 Å². The summed E-state index contributed by atoms with van der Waals surface area (Å²) in [6.45, 7) is 0.413. The molecule has 7 nitrogen and oxygen atoms in total. The van der Waals surface area contributed by atoms with Crippen LogP contribution in [-0.4, -0.2) is 33.8 Å². The first-order valence-corrected chi connectivity index (χ1v) is 9.53. The second-order valence-electron chi connectivity index (χ2n) is 6.54. The van der Waals surface area contributed by atoms with E-state index in [-0.39, 0.29) is 18.5 Å². The molecular weight excluding hydrogens is 384 g/mol. The molecule has 1 heterocycles. The van der Waals surface area contributed by atoms with Crippen molar-refractivity contribution in [1.82, 2.24) is 10.6 Å². The standard InChI is InChI=1S/C23H26N2O5/c1-27-19-13-21(29-3)20(28-2)12-17(19)14-24-22(26)15-25-23(18-10-7-11-30-18)16-8-5-4-6-9-16/h4-13,23,25H,14-15H2,1-3H3,(H,24,26)/t23-/m1/s1. The molecule has 1 amide bonds. The van der Waals surface area contributed by atoms with Crippen LogP contribution in [-0.2, 0) is 11.3 Å². The fourth-order valence-electron chi connectivity index (χ4n) is 3.17. The highest BCUT2D eigenvalue weighted by Gasteiger charge is 2.18. The Morgan fingerprint density at radius 2 is 1.63 bits per heavy atom. The quantitative estimate of drug-likeness (QED) is 0.534. The molecule has 1 atom stereocenters. The van der Waals surface area contributed by atoms with Gasteiger partial charge in [0.1, 0.15) is 11.5 Å². The van der Waals surface area contributed by atoms with Gasteiger partial charge in [0, 0.05) is 18.2 Å². The van der Waals surface area contributed by atoms with Crippen molar-refractivity contribution >= 4 is 5.91 Å². The fraction of sp³-hybridized carbons (Fsp3) is 0.261. The van der Waals surface area contributed by atoms with Crippen LogP contribution in [0.4, 0.5) is 0 Å². The highest BCUT2D eigenvalue weighted by Crippen LogP contribution is 2.34. The van der Waals surface area contributed by atoms with Crippen LogP contribution < -0.4 is 24.8 Å². The number of methoxy groups -OCH3 is 3. The molecule has 3 rings (SSSR count). The predicted molar refractivity (Wildman–Crippen MR) is 113 cm³/mol. The van der Waals surface area contributed by atoms with Gasteiger partial charge in [0.25, 0.3) is 0 Å². The van der Waals surface area contributed by atoms with Crippen LogP contribution in [0.2, 0.25) is 0 Å². The number of carbonyl (C=O) groups excluding carboxylic acids is 1. The third kappa shape index (κ3) is 5.12. The molecule has 0 unspecified atom stereocenters. The van der Waals surface area contributed by atoms with Gasteiger partial charge in [-0.3, -0.25) is 10.1 Å². The molecule has 2 N–H and O–H groups in total. The van der Waals surface area contributed by atoms with Crippen molar-refractivity contribution in [3.8, 4) is 17.2 Å². The van der Waals surface area contributed by atoms with Crippen LogP contribution in [0.25, 0.3) is 0 Å². The van der Waals surface area contributed by atoms with Gasteiger partial charge < -0.3 is 23.9 Å². The van der Waals surface area contributed by atoms with E-state index in [9.17, 15) is 4.79 Å². The van der Waals surface area contributed by atoms with Crippen molar-refractivity contribution in [2.24, 2.45) is 0 Å². The number of ether oxygens (including phenoxy) is 3. The first-order valence-electron chi connectivity index (χ1n) is 9.53. The molecular formula is C23H26N2O5. The van der Waals surface area contributed by atoms with Gasteiger partial charge in [0.05, 0.1) is 40.2 Å². The molecule has 2 aromatic carbocycles. The monoisotopic (exact) mass is 410 g/mol. The number of amides is 1. The fourth-order valence-corrected chi connectivity index (χ4v) is 3.17. The summed E-state index contributed by atoms with van der Waals surface area (Å²) in [6, 6.07) is 16.9. The first-order chi connectivity index (χ1) is 14.7. The Morgan fingerprint density at radius 3 is 2.27 bits per heavy atom. The molecule has 0 aliphatic carbocycles. The van der Waals surface area contributed by atoms with E-state index in [2.05, 4.69) is 10.6 Å². The lowest BCUT2D eigenvalue weighted by atomic mass is 10.0. The number of hydrogen-bond donors (Lipinski definition) is 2. The maximum Gasteiger partial charge on any atom is 0.234 e. The van der Waals surface area contributed by atoms with E-state index in [0.29, 0.717) is 23.8 Å². The molecule has 3 aromatic rings. The summed E-state index contributed by atoms with van der Waals surface area (Å²) in [5.41, 5.74) is 1.80. The highest BCUT2D eigenvalue weighted by atomic mass is 16.5. The second-order valence-corrected chi connectivity index (χ2v) is 6.54. The average molecular weight is 410 g/mol. The molecule has 7 heteroatoms. The molecule has 0 aliphatic rings. The van der Waals surface area contributed by atoms with Gasteiger partial charge in [-0.15, -0.1) is 0 Å². The minimum absolute atomic E-state index is 0.121. The lowest BCUT2D eigenvalue weighted by Crippen LogP contribution is -2.35. The Morgan fingerprint density at radius 1 is 0.933 bits per heavy atom. The van der Waals surface area contributed by atoms with Gasteiger partial charge in [0.2, 0.25) is 5.91 Å². The molecule has 0 saturated carbocycles. The summed E-state index contributed by atoms with van der Waals surface area (Å²) in [5.74, 6) is 2.34. The van der Waals surface area contributed by atoms with E-state index in [0.717, 1.165) is 16.9 Å². The summed E-state index contributed by atoms with van der Waals surface area (Å²) in [7, 11) is 4.70. The van der Waals surface area contributed by atoms with E-state index < -0.39 is 0 Å². The van der Waals surface area contributed by atoms with Gasteiger partial charge in [-0.2, -0.15) is 0 Å². The third-order valence-electron chi connectivity index (χ3n) is 4.69. The number of rotatable bonds is 10. The van der Waals surface area contributed by atoms with Crippen LogP contribution in [0.5, 0.6) is 17.2 Å². The Kier molecular flexibility index (Phi) is 7.34. The Labute approximate surface area is 175 Å². The lowest BCUT2D eigenvalue weighted by Gasteiger charge is -2.18. The largest absolute Gasteiger partial charge is 0.496 e. The van der Waals surface area contributed by atoms with E-state index in [4.69, 9.17) is 18.6 Å². The van der Waals surface area contributed by atoms with Crippen molar-refractivity contribution in [2.75, 3.05) is 27.9 Å². The maximum absolute atomic E-state index is 12.5. The molecule has 0 saturated heterocycles. The Balaban J connectivity index is 1.64. The van der Waals surface area contributed by atoms with Crippen molar-refractivity contribution in [2.45, 2.75) is 12.6 Å². The second kappa shape index (κ2) is 10.4. The third-order valence-corrected chi connectivity index (χ3v) is 4.69. The smallest absolute Gasteiger partial charge is 0.234 e. The number of nitrogens with one attached hydrogen (secondary N) is 2. The maximum atomic E-state index is 12.5. The summed E-state index contributed by atoms with van der Waals surface area (Å²) in [5, 5.41) is 6.17. The van der Waals surface area contributed by atoms with Crippen molar-refractivity contribution in [3.63, 3.8) is 0 Å². The summed E-state index contributed by atoms with van der Waals surface area (Å²) in [6.07, 6.45) is 1.62. The molecule has 0 aliphatic heterocycles. The number of furan rings is 1. The number of carbonyl (C=O) groups is 1. The van der Waals surface area contributed by atoms with Gasteiger partial charge in [-0.05, 0) is 23.8 Å². The zero-order chi connectivity index (χ0) is 21.3. The van der Waals surface area contributed by atoms with E-state index in [1.807, 2.05) is 42.5 Å². The first kappa shape index (κ1) is 21.3. The average Bonchev–Trinajstić information content (AvgIpc) is 3.32. The summed E-state index contributed by atoms with van der Waals surface area (Å²) >= 11 is 0. The van der Waals surface area contributed by atoms with Crippen LogP contribution in [0.3, 0.4) is 0 Å². The normalized spacial score (nSPS) is 11.6. The molecule has 158 valence electrons. The van der Waals surface area contributed by atoms with Gasteiger partial charge in [-0.25, -0.2) is 0 Å². The minimum Gasteiger partial charge on any atom is -0.496 e. The number of benzene rings is 2. The van der Waals surface area contributed by atoms with Gasteiger partial charge >= 0.3 is 0 Å². The van der Waals surface area contributed by atoms with Crippen molar-refractivity contribution < 1.29 is 23.4 Å². The predicted octanol–water partition coefficient (Wildman–Crippen LogP) is 3.30. The molecule has 0 radical (unpaired) electrons. The van der Waals surface area contributed by atoms with E-state index >= 15 is 0 Å². The highest BCUT2D eigenvalue weighted by molar-refractivity contribution is 5.78. The Hall–Kier alpha value is -3.45. The lowest BCUT2D eigenvalue weighted by molar-refractivity contribution is -0.120. The Bertz CT molecular complexity index is 942. The summed E-state index contributed by atoms with van der Waals surface area (Å²) < 4.78 is 21.6. The van der Waals surface area contributed by atoms with E-state index in [1.54, 1.807) is 39.7 Å². The number of hydrogen-bond acceptors (Lipinski definition) is 6. The van der Waals surface area contributed by atoms with Gasteiger partial charge in [-0.1, -0.05) is 30.3 Å². The topological polar surface area (TPSA) is 82.0 Å². The van der Waals surface area contributed by atoms with Crippen molar-refractivity contribution in [3.05, 3.63) is 77.7 Å². The van der Waals surface area contributed by atoms with Crippen LogP contribution >= 0.6 is 0 Å². The van der Waals surface area contributed by atoms with Crippen LogP contribution in [0, 0.1) is 0 Å². The van der Waals surface area contributed by atoms with Crippen LogP contribution in [0.15, 0.2) is 65.3 Å². The zero-order valence-electron chi connectivity index (χ0n) is 17.3. The van der Waals surface area contributed by atoms with E-state index in [1.165, 1.54) is 0 Å². The molecule has 0 spiro atoms. The molecule has 30 heavy (non-hydrogen) atoms. The zero-order valence-corrected chi connectivity index (χ0v) is 17.3. The SMILES string of the molecule is COc1cc(OC)c(OC)cc1CNC(=O)CN[C@H](c1ccccc1)c1ccco1. The summed E-state index contributed by atoms with van der Waals surface area (Å²) in [4.78, 5) is 12.5. The van der Waals surface area contributed by atoms with Crippen molar-refractivity contribution in [1.29, 1.82) is 0 Å². The van der Waals surface area contributed by atoms with Crippen LogP contribution in [0.1, 0.15) is 22.9 Å². The molecule has 0 fully saturated rings. The minimum atomic E-state index is -0.220. The molecule has 0 bridgehead atoms.